The summed E-state index contributed by atoms with van der Waals surface area (Å²) < 4.78 is 12.8. The molecule has 7 heteroatoms. The minimum Gasteiger partial charge on any atom is -0.496 e. The highest BCUT2D eigenvalue weighted by Gasteiger charge is 2.35. The van der Waals surface area contributed by atoms with Crippen molar-refractivity contribution < 1.29 is 9.47 Å². The fourth-order valence-electron chi connectivity index (χ4n) is 3.77. The summed E-state index contributed by atoms with van der Waals surface area (Å²) in [5.74, 6) is 0.217. The summed E-state index contributed by atoms with van der Waals surface area (Å²) in [6.07, 6.45) is 3.41. The lowest BCUT2D eigenvalue weighted by Gasteiger charge is -2.28. The molecule has 30 heavy (non-hydrogen) atoms. The summed E-state index contributed by atoms with van der Waals surface area (Å²) in [6, 6.07) is 14.9. The second-order valence-corrected chi connectivity index (χ2v) is 6.98. The predicted molar refractivity (Wildman–Crippen MR) is 111 cm³/mol. The number of para-hydroxylation sites is 1. The van der Waals surface area contributed by atoms with Crippen LogP contribution in [0.4, 0.5) is 0 Å². The molecule has 4 rings (SSSR count). The van der Waals surface area contributed by atoms with E-state index in [0.717, 1.165) is 11.3 Å². The van der Waals surface area contributed by atoms with Crippen molar-refractivity contribution >= 4 is 0 Å². The van der Waals surface area contributed by atoms with E-state index in [9.17, 15) is 10.1 Å². The van der Waals surface area contributed by atoms with Crippen molar-refractivity contribution in [3.63, 3.8) is 0 Å². The number of nitriles is 1. The van der Waals surface area contributed by atoms with E-state index in [1.54, 1.807) is 36.2 Å². The fourth-order valence-corrected chi connectivity index (χ4v) is 3.77. The van der Waals surface area contributed by atoms with Crippen molar-refractivity contribution in [1.82, 2.24) is 9.55 Å². The van der Waals surface area contributed by atoms with Gasteiger partial charge in [-0.25, -0.2) is 0 Å². The number of aryl methyl sites for hydroxylation is 1. The second kappa shape index (κ2) is 7.76. The van der Waals surface area contributed by atoms with Gasteiger partial charge in [0, 0.05) is 29.7 Å². The molecule has 0 amide bonds. The van der Waals surface area contributed by atoms with E-state index in [4.69, 9.17) is 15.2 Å². The second-order valence-electron chi connectivity index (χ2n) is 6.98. The third-order valence-electron chi connectivity index (χ3n) is 5.20. The highest BCUT2D eigenvalue weighted by atomic mass is 16.5. The Bertz CT molecular complexity index is 1240. The van der Waals surface area contributed by atoms with Gasteiger partial charge in [-0.3, -0.25) is 9.78 Å². The average molecular weight is 400 g/mol. The summed E-state index contributed by atoms with van der Waals surface area (Å²) in [4.78, 5) is 17.8. The molecule has 0 radical (unpaired) electrons. The number of aromatic nitrogens is 2. The molecule has 1 aliphatic heterocycles. The molecular weight excluding hydrogens is 380 g/mol. The minimum absolute atomic E-state index is 0.00952. The average Bonchev–Trinajstić information content (AvgIpc) is 2.76. The molecule has 0 saturated carbocycles. The van der Waals surface area contributed by atoms with Crippen LogP contribution in [0.2, 0.25) is 0 Å². The Morgan fingerprint density at radius 2 is 2.10 bits per heavy atom. The number of fused-ring (bicyclic) bond motifs is 1. The van der Waals surface area contributed by atoms with Crippen molar-refractivity contribution in [3.05, 3.63) is 99.1 Å². The molecule has 1 atom stereocenters. The topological polar surface area (TPSA) is 103 Å². The maximum Gasteiger partial charge on any atom is 0.259 e. The first-order chi connectivity index (χ1) is 14.5. The van der Waals surface area contributed by atoms with Crippen LogP contribution < -0.4 is 20.8 Å². The molecule has 1 aromatic carbocycles. The fraction of sp³-hybridized carbons (Fsp3) is 0.174. The number of nitrogens with zero attached hydrogens (tertiary/aromatic N) is 3. The maximum atomic E-state index is 13.6. The van der Waals surface area contributed by atoms with Gasteiger partial charge in [0.05, 0.1) is 25.1 Å². The van der Waals surface area contributed by atoms with Crippen LogP contribution in [-0.4, -0.2) is 16.7 Å². The van der Waals surface area contributed by atoms with Gasteiger partial charge in [-0.2, -0.15) is 5.26 Å². The molecule has 1 aliphatic rings. The molecule has 0 aliphatic carbocycles. The van der Waals surface area contributed by atoms with Gasteiger partial charge >= 0.3 is 0 Å². The van der Waals surface area contributed by atoms with E-state index in [2.05, 4.69) is 11.1 Å². The number of methoxy groups -OCH3 is 1. The number of allylic oxidation sites excluding steroid dienone is 1. The lowest BCUT2D eigenvalue weighted by Crippen LogP contribution is -2.33. The van der Waals surface area contributed by atoms with E-state index < -0.39 is 5.92 Å². The molecular formula is C23H20N4O3. The first kappa shape index (κ1) is 19.3. The van der Waals surface area contributed by atoms with Crippen LogP contribution in [-0.2, 0) is 6.54 Å². The van der Waals surface area contributed by atoms with Gasteiger partial charge in [-0.15, -0.1) is 0 Å². The number of pyridine rings is 2. The van der Waals surface area contributed by atoms with Crippen LogP contribution in [0.25, 0.3) is 0 Å². The van der Waals surface area contributed by atoms with Gasteiger partial charge in [-0.05, 0) is 24.6 Å². The molecule has 2 aromatic heterocycles. The van der Waals surface area contributed by atoms with E-state index in [1.807, 2.05) is 37.3 Å². The summed E-state index contributed by atoms with van der Waals surface area (Å²) >= 11 is 0. The van der Waals surface area contributed by atoms with E-state index in [1.165, 1.54) is 0 Å². The zero-order valence-corrected chi connectivity index (χ0v) is 16.6. The number of nitrogens with two attached hydrogens (primary N) is 1. The zero-order valence-electron chi connectivity index (χ0n) is 16.6. The number of benzene rings is 1. The van der Waals surface area contributed by atoms with Gasteiger partial charge in [0.25, 0.3) is 5.56 Å². The number of rotatable bonds is 4. The smallest absolute Gasteiger partial charge is 0.259 e. The SMILES string of the molecule is COc1ccccc1[C@@H]1C(C#N)=C(N)Oc2cc(C)n(Cc3cccnc3)c(=O)c21. The summed E-state index contributed by atoms with van der Waals surface area (Å²) in [7, 11) is 1.55. The minimum atomic E-state index is -0.692. The Morgan fingerprint density at radius 1 is 1.30 bits per heavy atom. The lowest BCUT2D eigenvalue weighted by molar-refractivity contribution is 0.383. The Balaban J connectivity index is 1.96. The molecule has 0 saturated heterocycles. The summed E-state index contributed by atoms with van der Waals surface area (Å²) in [5.41, 5.74) is 8.65. The molecule has 150 valence electrons. The molecule has 3 heterocycles. The molecule has 7 nitrogen and oxygen atoms in total. The van der Waals surface area contributed by atoms with Gasteiger partial charge < -0.3 is 19.8 Å². The molecule has 0 bridgehead atoms. The first-order valence-electron chi connectivity index (χ1n) is 9.39. The maximum absolute atomic E-state index is 13.6. The van der Waals surface area contributed by atoms with Crippen molar-refractivity contribution in [1.29, 1.82) is 5.26 Å². The molecule has 0 fully saturated rings. The Kier molecular flexibility index (Phi) is 4.98. The molecule has 0 unspecified atom stereocenters. The van der Waals surface area contributed by atoms with Gasteiger partial charge in [0.2, 0.25) is 5.88 Å². The van der Waals surface area contributed by atoms with Crippen LogP contribution in [0.1, 0.15) is 28.3 Å². The third kappa shape index (κ3) is 3.18. The Labute approximate surface area is 173 Å². The summed E-state index contributed by atoms with van der Waals surface area (Å²) in [6.45, 7) is 2.19. The zero-order chi connectivity index (χ0) is 21.3. The molecule has 3 aromatic rings. The quantitative estimate of drug-likeness (QED) is 0.722. The lowest BCUT2D eigenvalue weighted by atomic mass is 9.83. The van der Waals surface area contributed by atoms with Crippen LogP contribution in [0.5, 0.6) is 11.5 Å². The molecule has 2 N–H and O–H groups in total. The number of hydrogen-bond acceptors (Lipinski definition) is 6. The highest BCUT2D eigenvalue weighted by molar-refractivity contribution is 5.58. The van der Waals surface area contributed by atoms with Crippen LogP contribution in [0.3, 0.4) is 0 Å². The van der Waals surface area contributed by atoms with Crippen molar-refractivity contribution in [2.45, 2.75) is 19.4 Å². The normalized spacial score (nSPS) is 15.2. The highest BCUT2D eigenvalue weighted by Crippen LogP contribution is 2.43. The monoisotopic (exact) mass is 400 g/mol. The Morgan fingerprint density at radius 3 is 2.80 bits per heavy atom. The largest absolute Gasteiger partial charge is 0.496 e. The van der Waals surface area contributed by atoms with E-state index in [-0.39, 0.29) is 17.0 Å². The van der Waals surface area contributed by atoms with E-state index in [0.29, 0.717) is 29.2 Å². The van der Waals surface area contributed by atoms with Crippen LogP contribution >= 0.6 is 0 Å². The standard InChI is InChI=1S/C23H20N4O3/c1-14-10-19-21(23(28)27(14)13-15-6-5-9-26-12-15)20(17(11-24)22(25)30-19)16-7-3-4-8-18(16)29-2/h3-10,12,20H,13,25H2,1-2H3/t20-/m1/s1. The predicted octanol–water partition coefficient (Wildman–Crippen LogP) is 2.83. The van der Waals surface area contributed by atoms with Crippen molar-refractivity contribution in [2.75, 3.05) is 7.11 Å². The number of ether oxygens (including phenoxy) is 2. The van der Waals surface area contributed by atoms with Crippen molar-refractivity contribution in [2.24, 2.45) is 5.73 Å². The van der Waals surface area contributed by atoms with E-state index >= 15 is 0 Å². The van der Waals surface area contributed by atoms with Crippen LogP contribution in [0.15, 0.2) is 71.1 Å². The summed E-state index contributed by atoms with van der Waals surface area (Å²) in [5, 5.41) is 9.81. The Hall–Kier alpha value is -4.05. The van der Waals surface area contributed by atoms with Gasteiger partial charge in [0.1, 0.15) is 23.1 Å². The third-order valence-corrected chi connectivity index (χ3v) is 5.20. The first-order valence-corrected chi connectivity index (χ1v) is 9.39. The van der Waals surface area contributed by atoms with Crippen molar-refractivity contribution in [3.8, 4) is 17.6 Å². The van der Waals surface area contributed by atoms with Crippen LogP contribution in [0, 0.1) is 18.3 Å². The number of hydrogen-bond donors (Lipinski definition) is 1. The molecule has 0 spiro atoms. The van der Waals surface area contributed by atoms with Gasteiger partial charge in [-0.1, -0.05) is 24.3 Å². The van der Waals surface area contributed by atoms with Gasteiger partial charge in [0.15, 0.2) is 0 Å².